The molecule has 3 rings (SSSR count). The van der Waals surface area contributed by atoms with Crippen LogP contribution in [0.2, 0.25) is 0 Å². The van der Waals surface area contributed by atoms with Crippen molar-refractivity contribution in [3.05, 3.63) is 47.7 Å². The third-order valence-corrected chi connectivity index (χ3v) is 5.23. The van der Waals surface area contributed by atoms with Crippen LogP contribution >= 0.6 is 0 Å². The van der Waals surface area contributed by atoms with Gasteiger partial charge in [0.05, 0.1) is 26.9 Å². The number of primary amides is 1. The van der Waals surface area contributed by atoms with Gasteiger partial charge in [0.25, 0.3) is 5.91 Å². The molecule has 1 saturated heterocycles. The summed E-state index contributed by atoms with van der Waals surface area (Å²) in [5, 5.41) is 16.9. The van der Waals surface area contributed by atoms with Crippen LogP contribution in [0.15, 0.2) is 30.9 Å². The van der Waals surface area contributed by atoms with E-state index in [1.54, 1.807) is 42.0 Å². The van der Waals surface area contributed by atoms with E-state index in [1.807, 2.05) is 0 Å². The third-order valence-electron chi connectivity index (χ3n) is 5.23. The molecule has 33 heavy (non-hydrogen) atoms. The van der Waals surface area contributed by atoms with E-state index >= 15 is 0 Å². The Morgan fingerprint density at radius 3 is 2.58 bits per heavy atom. The molecule has 1 fully saturated rings. The average molecular weight is 453 g/mol. The number of hydrogen-bond donors (Lipinski definition) is 3. The summed E-state index contributed by atoms with van der Waals surface area (Å²) < 4.78 is 12.2. The molecule has 4 N–H and O–H groups in total. The summed E-state index contributed by atoms with van der Waals surface area (Å²) in [5.41, 5.74) is 6.59. The molecule has 2 aromatic rings. The average Bonchev–Trinajstić information content (AvgIpc) is 3.45. The van der Waals surface area contributed by atoms with Gasteiger partial charge in [-0.25, -0.2) is 4.68 Å². The lowest BCUT2D eigenvalue weighted by Crippen LogP contribution is -2.28. The van der Waals surface area contributed by atoms with E-state index in [2.05, 4.69) is 28.8 Å². The first-order valence-corrected chi connectivity index (χ1v) is 10.3. The minimum Gasteiger partial charge on any atom is -0.497 e. The van der Waals surface area contributed by atoms with Gasteiger partial charge < -0.3 is 30.5 Å². The monoisotopic (exact) mass is 453 g/mol. The predicted molar refractivity (Wildman–Crippen MR) is 122 cm³/mol. The molecular formula is C23H27N5O5. The second-order valence-electron chi connectivity index (χ2n) is 7.31. The molecule has 2 heterocycles. The molecule has 1 aromatic carbocycles. The van der Waals surface area contributed by atoms with Crippen LogP contribution in [-0.4, -0.2) is 72.1 Å². The predicted octanol–water partition coefficient (Wildman–Crippen LogP) is 0.763. The number of hydrogen-bond acceptors (Lipinski definition) is 7. The number of nitrogens with zero attached hydrogens (tertiary/aromatic N) is 3. The van der Waals surface area contributed by atoms with E-state index in [0.29, 0.717) is 42.4 Å². The first-order chi connectivity index (χ1) is 15.9. The second-order valence-corrected chi connectivity index (χ2v) is 7.31. The number of amides is 2. The first kappa shape index (κ1) is 23.7. The molecule has 174 valence electrons. The van der Waals surface area contributed by atoms with Crippen molar-refractivity contribution in [2.75, 3.05) is 45.8 Å². The maximum Gasteiger partial charge on any atom is 0.255 e. The number of benzene rings is 1. The highest BCUT2D eigenvalue weighted by Crippen LogP contribution is 2.29. The molecule has 1 aliphatic heterocycles. The third kappa shape index (κ3) is 5.27. The Kier molecular flexibility index (Phi) is 7.58. The number of aromatic nitrogens is 2. The Balaban J connectivity index is 2.04. The van der Waals surface area contributed by atoms with Crippen molar-refractivity contribution in [2.45, 2.75) is 12.5 Å². The van der Waals surface area contributed by atoms with E-state index in [0.717, 1.165) is 0 Å². The lowest BCUT2D eigenvalue weighted by Gasteiger charge is -2.17. The van der Waals surface area contributed by atoms with Crippen LogP contribution in [0.4, 0.5) is 5.82 Å². The summed E-state index contributed by atoms with van der Waals surface area (Å²) in [5.74, 6) is 6.54. The van der Waals surface area contributed by atoms with Crippen molar-refractivity contribution in [3.8, 4) is 23.3 Å². The Morgan fingerprint density at radius 2 is 2.00 bits per heavy atom. The number of carbonyl (C=O) groups excluding carboxylic acids is 2. The highest BCUT2D eigenvalue weighted by atomic mass is 16.5. The molecular weight excluding hydrogens is 426 g/mol. The molecule has 10 heteroatoms. The van der Waals surface area contributed by atoms with Crippen molar-refractivity contribution in [3.63, 3.8) is 0 Å². The summed E-state index contributed by atoms with van der Waals surface area (Å²) in [7, 11) is 3.08. The Labute approximate surface area is 192 Å². The van der Waals surface area contributed by atoms with E-state index in [9.17, 15) is 14.7 Å². The van der Waals surface area contributed by atoms with Crippen LogP contribution in [-0.2, 0) is 4.79 Å². The number of carbonyl (C=O) groups is 2. The van der Waals surface area contributed by atoms with Crippen LogP contribution < -0.4 is 20.5 Å². The van der Waals surface area contributed by atoms with Gasteiger partial charge in [0.2, 0.25) is 5.91 Å². The second kappa shape index (κ2) is 10.6. The molecule has 0 aliphatic carbocycles. The maximum atomic E-state index is 12.3. The SMILES string of the molecule is C=CC(=O)N1CCC(n2nc(C#Cc3cc(OC)cc(OC)c3)c(C(N)=O)c2NCCO)C1. The van der Waals surface area contributed by atoms with E-state index in [4.69, 9.17) is 15.2 Å². The zero-order valence-corrected chi connectivity index (χ0v) is 18.6. The van der Waals surface area contributed by atoms with Crippen molar-refractivity contribution in [2.24, 2.45) is 5.73 Å². The molecule has 0 bridgehead atoms. The minimum atomic E-state index is -0.703. The van der Waals surface area contributed by atoms with Crippen molar-refractivity contribution in [1.29, 1.82) is 0 Å². The lowest BCUT2D eigenvalue weighted by molar-refractivity contribution is -0.125. The van der Waals surface area contributed by atoms with E-state index in [1.165, 1.54) is 6.08 Å². The molecule has 0 radical (unpaired) electrons. The Morgan fingerprint density at radius 1 is 1.30 bits per heavy atom. The zero-order chi connectivity index (χ0) is 24.0. The number of nitrogens with one attached hydrogen (secondary N) is 1. The largest absolute Gasteiger partial charge is 0.497 e. The fourth-order valence-corrected chi connectivity index (χ4v) is 3.64. The highest BCUT2D eigenvalue weighted by molar-refractivity contribution is 6.00. The zero-order valence-electron chi connectivity index (χ0n) is 18.6. The standard InChI is InChI=1S/C23H27N5O5/c1-4-20(30)27-9-7-16(14-27)28-23(25-8-10-29)21(22(24)31)19(26-28)6-5-15-11-17(32-2)13-18(12-15)33-3/h4,11-13,16,25,29H,1,7-10,14H2,2-3H3,(H2,24,31). The van der Waals surface area contributed by atoms with Crippen LogP contribution in [0.5, 0.6) is 11.5 Å². The van der Waals surface area contributed by atoms with E-state index < -0.39 is 5.91 Å². The lowest BCUT2D eigenvalue weighted by atomic mass is 10.1. The highest BCUT2D eigenvalue weighted by Gasteiger charge is 2.31. The molecule has 1 unspecified atom stereocenters. The summed E-state index contributed by atoms with van der Waals surface area (Å²) in [6, 6.07) is 5.00. The number of likely N-dealkylation sites (tertiary alicyclic amines) is 1. The van der Waals surface area contributed by atoms with Gasteiger partial charge >= 0.3 is 0 Å². The van der Waals surface area contributed by atoms with Crippen LogP contribution in [0.25, 0.3) is 0 Å². The van der Waals surface area contributed by atoms with Crippen molar-refractivity contribution in [1.82, 2.24) is 14.7 Å². The van der Waals surface area contributed by atoms with Gasteiger partial charge in [0.15, 0.2) is 5.69 Å². The molecule has 1 atom stereocenters. The van der Waals surface area contributed by atoms with Gasteiger partial charge in [-0.15, -0.1) is 0 Å². The van der Waals surface area contributed by atoms with Gasteiger partial charge in [-0.1, -0.05) is 12.5 Å². The minimum absolute atomic E-state index is 0.124. The van der Waals surface area contributed by atoms with Crippen molar-refractivity contribution < 1.29 is 24.2 Å². The number of rotatable bonds is 8. The Bertz CT molecular complexity index is 1090. The number of aliphatic hydroxyl groups is 1. The molecule has 1 aromatic heterocycles. The van der Waals surface area contributed by atoms with Crippen molar-refractivity contribution >= 4 is 17.6 Å². The summed E-state index contributed by atoms with van der Waals surface area (Å²) in [4.78, 5) is 26.0. The first-order valence-electron chi connectivity index (χ1n) is 10.3. The Hall–Kier alpha value is -3.97. The van der Waals surface area contributed by atoms with Gasteiger partial charge in [-0.3, -0.25) is 9.59 Å². The normalized spacial score (nSPS) is 14.9. The van der Waals surface area contributed by atoms with Gasteiger partial charge in [0.1, 0.15) is 22.9 Å². The van der Waals surface area contributed by atoms with Gasteiger partial charge in [0, 0.05) is 31.3 Å². The molecule has 10 nitrogen and oxygen atoms in total. The van der Waals surface area contributed by atoms with Crippen LogP contribution in [0.1, 0.15) is 34.1 Å². The molecule has 0 saturated carbocycles. The van der Waals surface area contributed by atoms with E-state index in [-0.39, 0.29) is 36.4 Å². The summed E-state index contributed by atoms with van der Waals surface area (Å²) in [6.45, 7) is 4.50. The van der Waals surface area contributed by atoms with Crippen LogP contribution in [0.3, 0.4) is 0 Å². The number of ether oxygens (including phenoxy) is 2. The smallest absolute Gasteiger partial charge is 0.255 e. The molecule has 1 aliphatic rings. The number of nitrogens with two attached hydrogens (primary N) is 1. The quantitative estimate of drug-likeness (QED) is 0.397. The molecule has 0 spiro atoms. The number of methoxy groups -OCH3 is 2. The van der Waals surface area contributed by atoms with Crippen LogP contribution in [0, 0.1) is 11.8 Å². The summed E-state index contributed by atoms with van der Waals surface area (Å²) in [6.07, 6.45) is 1.90. The maximum absolute atomic E-state index is 12.3. The molecule has 2 amide bonds. The fourth-order valence-electron chi connectivity index (χ4n) is 3.64. The van der Waals surface area contributed by atoms with Gasteiger partial charge in [-0.2, -0.15) is 5.10 Å². The topological polar surface area (TPSA) is 132 Å². The number of anilines is 1. The fraction of sp³-hybridized carbons (Fsp3) is 0.348. The number of aliphatic hydroxyl groups excluding tert-OH is 1. The summed E-state index contributed by atoms with van der Waals surface area (Å²) >= 11 is 0. The van der Waals surface area contributed by atoms with Gasteiger partial charge in [-0.05, 0) is 30.6 Å².